The van der Waals surface area contributed by atoms with Crippen LogP contribution in [0.4, 0.5) is 5.82 Å². The number of rotatable bonds is 4. The van der Waals surface area contributed by atoms with Crippen molar-refractivity contribution >= 4 is 28.3 Å². The number of nitrogens with zero attached hydrogens (tertiary/aromatic N) is 5. The zero-order valence-electron chi connectivity index (χ0n) is 16.3. The van der Waals surface area contributed by atoms with Crippen molar-refractivity contribution in [3.63, 3.8) is 0 Å². The summed E-state index contributed by atoms with van der Waals surface area (Å²) in [7, 11) is 0. The van der Waals surface area contributed by atoms with Crippen LogP contribution in [-0.2, 0) is 4.74 Å². The van der Waals surface area contributed by atoms with Gasteiger partial charge < -0.3 is 14.4 Å². The lowest BCUT2D eigenvalue weighted by atomic mass is 9.98. The third-order valence-corrected chi connectivity index (χ3v) is 5.88. The van der Waals surface area contributed by atoms with E-state index < -0.39 is 0 Å². The van der Waals surface area contributed by atoms with Gasteiger partial charge in [-0.1, -0.05) is 18.0 Å². The van der Waals surface area contributed by atoms with Crippen molar-refractivity contribution in [3.8, 4) is 11.7 Å². The summed E-state index contributed by atoms with van der Waals surface area (Å²) in [5.74, 6) is 2.12. The quantitative estimate of drug-likeness (QED) is 0.643. The minimum Gasteiger partial charge on any atom is -0.489 e. The summed E-state index contributed by atoms with van der Waals surface area (Å²) in [5, 5.41) is 5.81. The minimum atomic E-state index is 0.231. The molecule has 2 aromatic heterocycles. The fourth-order valence-electron chi connectivity index (χ4n) is 4.06. The number of ether oxygens (including phenoxy) is 2. The van der Waals surface area contributed by atoms with Crippen molar-refractivity contribution in [2.75, 3.05) is 31.2 Å². The topological polar surface area (TPSA) is 65.3 Å². The first kappa shape index (κ1) is 18.6. The standard InChI is InChI=1S/C21H24ClN5O2/c22-17-14-18-16(13-19(17)29-15-5-2-1-3-6-15)20(26-9-11-28-12-10-26)25-21(24-18)27-8-4-7-23-27/h4,7-8,13-15H,1-3,5-6,9-12H2. The van der Waals surface area contributed by atoms with Crippen molar-refractivity contribution in [2.45, 2.75) is 38.2 Å². The fourth-order valence-corrected chi connectivity index (χ4v) is 4.26. The lowest BCUT2D eigenvalue weighted by molar-refractivity contribution is 0.122. The van der Waals surface area contributed by atoms with Crippen molar-refractivity contribution in [1.82, 2.24) is 19.7 Å². The Balaban J connectivity index is 1.59. The lowest BCUT2D eigenvalue weighted by Gasteiger charge is -2.29. The van der Waals surface area contributed by atoms with Crippen LogP contribution in [0.3, 0.4) is 0 Å². The van der Waals surface area contributed by atoms with Gasteiger partial charge in [-0.25, -0.2) is 9.67 Å². The molecular weight excluding hydrogens is 390 g/mol. The Labute approximate surface area is 174 Å². The molecule has 0 amide bonds. The maximum Gasteiger partial charge on any atom is 0.253 e. The molecule has 2 fully saturated rings. The Morgan fingerprint density at radius 2 is 1.90 bits per heavy atom. The van der Waals surface area contributed by atoms with Crippen LogP contribution in [0.2, 0.25) is 5.02 Å². The predicted molar refractivity (Wildman–Crippen MR) is 112 cm³/mol. The highest BCUT2D eigenvalue weighted by Crippen LogP contribution is 2.36. The number of anilines is 1. The fraction of sp³-hybridized carbons (Fsp3) is 0.476. The van der Waals surface area contributed by atoms with Crippen LogP contribution in [0, 0.1) is 0 Å². The van der Waals surface area contributed by atoms with Crippen LogP contribution >= 0.6 is 11.6 Å². The van der Waals surface area contributed by atoms with E-state index in [4.69, 9.17) is 31.0 Å². The van der Waals surface area contributed by atoms with Gasteiger partial charge in [-0.05, 0) is 43.9 Å². The number of aromatic nitrogens is 4. The molecule has 0 N–H and O–H groups in total. The smallest absolute Gasteiger partial charge is 0.253 e. The van der Waals surface area contributed by atoms with Crippen molar-refractivity contribution < 1.29 is 9.47 Å². The molecule has 0 unspecified atom stereocenters. The number of halogens is 1. The van der Waals surface area contributed by atoms with Gasteiger partial charge in [0.05, 0.1) is 29.9 Å². The first-order valence-corrected chi connectivity index (χ1v) is 10.7. The van der Waals surface area contributed by atoms with Gasteiger partial charge in [0, 0.05) is 30.9 Å². The molecule has 3 aromatic rings. The lowest BCUT2D eigenvalue weighted by Crippen LogP contribution is -2.37. The van der Waals surface area contributed by atoms with E-state index in [1.54, 1.807) is 10.9 Å². The molecule has 3 heterocycles. The molecule has 29 heavy (non-hydrogen) atoms. The monoisotopic (exact) mass is 413 g/mol. The number of benzene rings is 1. The van der Waals surface area contributed by atoms with Crippen LogP contribution in [0.25, 0.3) is 16.9 Å². The largest absolute Gasteiger partial charge is 0.489 e. The zero-order chi connectivity index (χ0) is 19.6. The molecule has 0 radical (unpaired) electrons. The highest BCUT2D eigenvalue weighted by atomic mass is 35.5. The first-order chi connectivity index (χ1) is 14.3. The van der Waals surface area contributed by atoms with Gasteiger partial charge in [-0.3, -0.25) is 0 Å². The molecule has 1 aliphatic heterocycles. The maximum absolute atomic E-state index is 6.60. The van der Waals surface area contributed by atoms with E-state index >= 15 is 0 Å². The Morgan fingerprint density at radius 1 is 1.07 bits per heavy atom. The molecule has 7 nitrogen and oxygen atoms in total. The zero-order valence-corrected chi connectivity index (χ0v) is 17.0. The van der Waals surface area contributed by atoms with Gasteiger partial charge in [0.25, 0.3) is 5.95 Å². The van der Waals surface area contributed by atoms with E-state index in [0.717, 1.165) is 48.4 Å². The van der Waals surface area contributed by atoms with Crippen LogP contribution in [0.15, 0.2) is 30.6 Å². The molecule has 1 saturated heterocycles. The van der Waals surface area contributed by atoms with Crippen LogP contribution < -0.4 is 9.64 Å². The number of hydrogen-bond donors (Lipinski definition) is 0. The average Bonchev–Trinajstić information content (AvgIpc) is 3.30. The maximum atomic E-state index is 6.60. The second-order valence-corrected chi connectivity index (χ2v) is 7.98. The third kappa shape index (κ3) is 3.89. The SMILES string of the molecule is Clc1cc2nc(-n3cccn3)nc(N3CCOCC3)c2cc1OC1CCCCC1. The number of morpholine rings is 1. The summed E-state index contributed by atoms with van der Waals surface area (Å²) < 4.78 is 13.5. The van der Waals surface area contributed by atoms with E-state index in [1.807, 2.05) is 24.4 Å². The molecule has 5 rings (SSSR count). The molecule has 152 valence electrons. The highest BCUT2D eigenvalue weighted by molar-refractivity contribution is 6.33. The Hall–Kier alpha value is -2.38. The van der Waals surface area contributed by atoms with E-state index in [9.17, 15) is 0 Å². The average molecular weight is 414 g/mol. The number of fused-ring (bicyclic) bond motifs is 1. The normalized spacial score (nSPS) is 18.3. The highest BCUT2D eigenvalue weighted by Gasteiger charge is 2.22. The van der Waals surface area contributed by atoms with Gasteiger partial charge in [0.2, 0.25) is 0 Å². The summed E-state index contributed by atoms with van der Waals surface area (Å²) >= 11 is 6.60. The van der Waals surface area contributed by atoms with Crippen LogP contribution in [0.5, 0.6) is 5.75 Å². The van der Waals surface area contributed by atoms with Crippen molar-refractivity contribution in [3.05, 3.63) is 35.6 Å². The third-order valence-electron chi connectivity index (χ3n) is 5.58. The molecule has 0 bridgehead atoms. The second kappa shape index (κ2) is 8.16. The van der Waals surface area contributed by atoms with E-state index in [-0.39, 0.29) is 6.10 Å². The predicted octanol–water partition coefficient (Wildman–Crippen LogP) is 4.02. The van der Waals surface area contributed by atoms with Crippen LogP contribution in [0.1, 0.15) is 32.1 Å². The van der Waals surface area contributed by atoms with Gasteiger partial charge in [-0.15, -0.1) is 0 Å². The van der Waals surface area contributed by atoms with E-state index in [2.05, 4.69) is 10.00 Å². The van der Waals surface area contributed by atoms with Gasteiger partial charge in [0.1, 0.15) is 11.6 Å². The van der Waals surface area contributed by atoms with E-state index in [0.29, 0.717) is 24.2 Å². The Bertz CT molecular complexity index is 982. The van der Waals surface area contributed by atoms with Gasteiger partial charge in [-0.2, -0.15) is 10.1 Å². The molecule has 1 aromatic carbocycles. The summed E-state index contributed by atoms with van der Waals surface area (Å²) in [6.07, 6.45) is 9.67. The Kier molecular flexibility index (Phi) is 5.24. The molecule has 0 spiro atoms. The summed E-state index contributed by atoms with van der Waals surface area (Å²) in [4.78, 5) is 11.8. The van der Waals surface area contributed by atoms with Crippen molar-refractivity contribution in [2.24, 2.45) is 0 Å². The Morgan fingerprint density at radius 3 is 2.66 bits per heavy atom. The van der Waals surface area contributed by atoms with Crippen molar-refractivity contribution in [1.29, 1.82) is 0 Å². The summed E-state index contributed by atoms with van der Waals surface area (Å²) in [5.41, 5.74) is 0.785. The van der Waals surface area contributed by atoms with Gasteiger partial charge >= 0.3 is 0 Å². The minimum absolute atomic E-state index is 0.231. The molecule has 0 atom stereocenters. The molecular formula is C21H24ClN5O2. The summed E-state index contributed by atoms with van der Waals surface area (Å²) in [6, 6.07) is 5.74. The second-order valence-electron chi connectivity index (χ2n) is 7.57. The number of hydrogen-bond acceptors (Lipinski definition) is 6. The molecule has 1 aliphatic carbocycles. The van der Waals surface area contributed by atoms with Gasteiger partial charge in [0.15, 0.2) is 0 Å². The molecule has 1 saturated carbocycles. The molecule has 2 aliphatic rings. The van der Waals surface area contributed by atoms with Crippen LogP contribution in [-0.4, -0.2) is 52.2 Å². The first-order valence-electron chi connectivity index (χ1n) is 10.3. The molecule has 8 heteroatoms. The van der Waals surface area contributed by atoms with E-state index in [1.165, 1.54) is 19.3 Å². The summed E-state index contributed by atoms with van der Waals surface area (Å²) in [6.45, 7) is 2.93.